The standard InChI is InChI=1S/C19H18Cl2N4O/c1-26-17-4-2-13(3-5-17)6-8-22-19-23-9-7-18(25-19)24-16-11-14(20)10-15(21)12-16/h2-5,7,9-12H,6,8H2,1H3,(H2,22,23,24,25). The molecule has 0 aliphatic heterocycles. The number of halogens is 2. The maximum Gasteiger partial charge on any atom is 0.224 e. The van der Waals surface area contributed by atoms with Gasteiger partial charge in [-0.25, -0.2) is 4.98 Å². The first-order valence-corrected chi connectivity index (χ1v) is 8.81. The smallest absolute Gasteiger partial charge is 0.224 e. The zero-order valence-electron chi connectivity index (χ0n) is 14.2. The third-order valence-electron chi connectivity index (χ3n) is 3.65. The van der Waals surface area contributed by atoms with Gasteiger partial charge in [-0.2, -0.15) is 4.98 Å². The SMILES string of the molecule is COc1ccc(CCNc2nccc(Nc3cc(Cl)cc(Cl)c3)n2)cc1. The molecule has 0 unspecified atom stereocenters. The minimum Gasteiger partial charge on any atom is -0.497 e. The summed E-state index contributed by atoms with van der Waals surface area (Å²) in [6.07, 6.45) is 2.55. The molecule has 1 heterocycles. The number of anilines is 3. The minimum atomic E-state index is 0.552. The zero-order valence-corrected chi connectivity index (χ0v) is 15.7. The molecule has 3 rings (SSSR count). The minimum absolute atomic E-state index is 0.552. The van der Waals surface area contributed by atoms with Crippen LogP contribution in [-0.4, -0.2) is 23.6 Å². The van der Waals surface area contributed by atoms with Gasteiger partial charge in [-0.05, 0) is 48.4 Å². The second-order valence-electron chi connectivity index (χ2n) is 5.57. The Labute approximate surface area is 162 Å². The van der Waals surface area contributed by atoms with E-state index in [1.807, 2.05) is 24.3 Å². The van der Waals surface area contributed by atoms with Gasteiger partial charge < -0.3 is 15.4 Å². The lowest BCUT2D eigenvalue weighted by Crippen LogP contribution is -2.08. The molecule has 0 bridgehead atoms. The monoisotopic (exact) mass is 388 g/mol. The number of nitrogens with one attached hydrogen (secondary N) is 2. The van der Waals surface area contributed by atoms with Gasteiger partial charge in [0.15, 0.2) is 0 Å². The molecule has 0 aliphatic rings. The van der Waals surface area contributed by atoms with Crippen LogP contribution in [0.1, 0.15) is 5.56 Å². The third-order valence-corrected chi connectivity index (χ3v) is 4.08. The Morgan fingerprint density at radius 1 is 1.00 bits per heavy atom. The summed E-state index contributed by atoms with van der Waals surface area (Å²) in [5, 5.41) is 7.52. The summed E-state index contributed by atoms with van der Waals surface area (Å²) in [6, 6.07) is 15.0. The van der Waals surface area contributed by atoms with E-state index in [0.29, 0.717) is 21.8 Å². The van der Waals surface area contributed by atoms with Gasteiger partial charge in [0.2, 0.25) is 5.95 Å². The number of ether oxygens (including phenoxy) is 1. The van der Waals surface area contributed by atoms with Crippen molar-refractivity contribution >= 4 is 40.7 Å². The first kappa shape index (κ1) is 18.3. The van der Waals surface area contributed by atoms with E-state index in [1.165, 1.54) is 5.56 Å². The Hall–Kier alpha value is -2.50. The molecule has 0 amide bonds. The fraction of sp³-hybridized carbons (Fsp3) is 0.158. The zero-order chi connectivity index (χ0) is 18.4. The normalized spacial score (nSPS) is 10.4. The predicted molar refractivity (Wildman–Crippen MR) is 107 cm³/mol. The maximum atomic E-state index is 6.02. The lowest BCUT2D eigenvalue weighted by atomic mass is 10.1. The van der Waals surface area contributed by atoms with E-state index < -0.39 is 0 Å². The number of hydrogen-bond donors (Lipinski definition) is 2. The second-order valence-corrected chi connectivity index (χ2v) is 6.45. The van der Waals surface area contributed by atoms with E-state index in [0.717, 1.165) is 24.4 Å². The van der Waals surface area contributed by atoms with Gasteiger partial charge in [0, 0.05) is 28.5 Å². The molecule has 0 spiro atoms. The molecule has 5 nitrogen and oxygen atoms in total. The van der Waals surface area contributed by atoms with Crippen LogP contribution in [-0.2, 0) is 6.42 Å². The Morgan fingerprint density at radius 3 is 2.42 bits per heavy atom. The summed E-state index contributed by atoms with van der Waals surface area (Å²) in [6.45, 7) is 0.721. The van der Waals surface area contributed by atoms with Crippen molar-refractivity contribution in [3.8, 4) is 5.75 Å². The molecular weight excluding hydrogens is 371 g/mol. The molecule has 1 aromatic heterocycles. The Bertz CT molecular complexity index is 851. The van der Waals surface area contributed by atoms with Crippen molar-refractivity contribution in [2.24, 2.45) is 0 Å². The topological polar surface area (TPSA) is 59.1 Å². The first-order chi connectivity index (χ1) is 12.6. The number of nitrogens with zero attached hydrogens (tertiary/aromatic N) is 2. The van der Waals surface area contributed by atoms with Gasteiger partial charge >= 0.3 is 0 Å². The highest BCUT2D eigenvalue weighted by Crippen LogP contribution is 2.24. The van der Waals surface area contributed by atoms with Crippen molar-refractivity contribution in [3.63, 3.8) is 0 Å². The van der Waals surface area contributed by atoms with Crippen LogP contribution in [0.25, 0.3) is 0 Å². The summed E-state index contributed by atoms with van der Waals surface area (Å²) in [5.41, 5.74) is 1.98. The highest BCUT2D eigenvalue weighted by atomic mass is 35.5. The molecule has 0 saturated carbocycles. The molecule has 7 heteroatoms. The van der Waals surface area contributed by atoms with E-state index in [9.17, 15) is 0 Å². The van der Waals surface area contributed by atoms with E-state index in [-0.39, 0.29) is 0 Å². The molecule has 0 radical (unpaired) electrons. The number of rotatable bonds is 7. The van der Waals surface area contributed by atoms with Gasteiger partial charge in [0.25, 0.3) is 0 Å². The van der Waals surface area contributed by atoms with Crippen LogP contribution in [0.4, 0.5) is 17.5 Å². The number of methoxy groups -OCH3 is 1. The first-order valence-electron chi connectivity index (χ1n) is 8.05. The molecule has 2 aromatic carbocycles. The Morgan fingerprint density at radius 2 is 1.73 bits per heavy atom. The van der Waals surface area contributed by atoms with E-state index >= 15 is 0 Å². The van der Waals surface area contributed by atoms with Crippen LogP contribution in [0, 0.1) is 0 Å². The largest absolute Gasteiger partial charge is 0.497 e. The Balaban J connectivity index is 1.58. The summed E-state index contributed by atoms with van der Waals surface area (Å²) < 4.78 is 5.16. The van der Waals surface area contributed by atoms with Gasteiger partial charge in [-0.3, -0.25) is 0 Å². The average Bonchev–Trinajstić information content (AvgIpc) is 2.62. The van der Waals surface area contributed by atoms with Gasteiger partial charge in [0.1, 0.15) is 11.6 Å². The number of hydrogen-bond acceptors (Lipinski definition) is 5. The van der Waals surface area contributed by atoms with Crippen molar-refractivity contribution in [1.29, 1.82) is 0 Å². The fourth-order valence-electron chi connectivity index (χ4n) is 2.40. The lowest BCUT2D eigenvalue weighted by molar-refractivity contribution is 0.414. The summed E-state index contributed by atoms with van der Waals surface area (Å²) in [7, 11) is 1.66. The van der Waals surface area contributed by atoms with Crippen molar-refractivity contribution in [2.45, 2.75) is 6.42 Å². The van der Waals surface area contributed by atoms with E-state index in [2.05, 4.69) is 20.6 Å². The molecule has 0 atom stereocenters. The van der Waals surface area contributed by atoms with Crippen molar-refractivity contribution in [1.82, 2.24) is 9.97 Å². The lowest BCUT2D eigenvalue weighted by Gasteiger charge is -2.09. The molecule has 3 aromatic rings. The predicted octanol–water partition coefficient (Wildman–Crippen LogP) is 5.19. The number of benzene rings is 2. The fourth-order valence-corrected chi connectivity index (χ4v) is 2.92. The highest BCUT2D eigenvalue weighted by Gasteiger charge is 2.03. The molecule has 0 aliphatic carbocycles. The second kappa shape index (κ2) is 8.74. The van der Waals surface area contributed by atoms with Crippen LogP contribution < -0.4 is 15.4 Å². The quantitative estimate of drug-likeness (QED) is 0.582. The van der Waals surface area contributed by atoms with E-state index in [4.69, 9.17) is 27.9 Å². The number of aromatic nitrogens is 2. The van der Waals surface area contributed by atoms with Crippen LogP contribution in [0.15, 0.2) is 54.7 Å². The van der Waals surface area contributed by atoms with Crippen molar-refractivity contribution < 1.29 is 4.74 Å². The van der Waals surface area contributed by atoms with Crippen LogP contribution in [0.3, 0.4) is 0 Å². The molecule has 0 fully saturated rings. The molecule has 2 N–H and O–H groups in total. The highest BCUT2D eigenvalue weighted by molar-refractivity contribution is 6.35. The molecule has 134 valence electrons. The van der Waals surface area contributed by atoms with Crippen molar-refractivity contribution in [3.05, 3.63) is 70.3 Å². The average molecular weight is 389 g/mol. The molecular formula is C19H18Cl2N4O. The summed E-state index contributed by atoms with van der Waals surface area (Å²) >= 11 is 12.0. The van der Waals surface area contributed by atoms with Gasteiger partial charge in [-0.15, -0.1) is 0 Å². The van der Waals surface area contributed by atoms with Crippen molar-refractivity contribution in [2.75, 3.05) is 24.3 Å². The Kier molecular flexibility index (Phi) is 6.15. The molecule has 0 saturated heterocycles. The van der Waals surface area contributed by atoms with Crippen LogP contribution in [0.2, 0.25) is 10.0 Å². The van der Waals surface area contributed by atoms with E-state index in [1.54, 1.807) is 37.6 Å². The molecule has 26 heavy (non-hydrogen) atoms. The van der Waals surface area contributed by atoms with Crippen LogP contribution in [0.5, 0.6) is 5.75 Å². The van der Waals surface area contributed by atoms with Crippen LogP contribution >= 0.6 is 23.2 Å². The third kappa shape index (κ3) is 5.25. The summed E-state index contributed by atoms with van der Waals surface area (Å²) in [5.74, 6) is 2.06. The summed E-state index contributed by atoms with van der Waals surface area (Å²) in [4.78, 5) is 8.69. The van der Waals surface area contributed by atoms with Gasteiger partial charge in [-0.1, -0.05) is 35.3 Å². The van der Waals surface area contributed by atoms with Gasteiger partial charge in [0.05, 0.1) is 7.11 Å². The maximum absolute atomic E-state index is 6.02.